The molecule has 2 aromatic carbocycles. The fourth-order valence-electron chi connectivity index (χ4n) is 9.29. The Morgan fingerprint density at radius 3 is 2.39 bits per heavy atom. The van der Waals surface area contributed by atoms with Crippen molar-refractivity contribution in [2.75, 3.05) is 27.2 Å². The van der Waals surface area contributed by atoms with Gasteiger partial charge in [0, 0.05) is 48.2 Å². The molecule has 2 bridgehead atoms. The van der Waals surface area contributed by atoms with Crippen molar-refractivity contribution in [2.45, 2.75) is 111 Å². The number of rotatable bonds is 15. The number of likely N-dealkylation sites (N-methyl/N-ethyl adjacent to an activating group) is 1. The van der Waals surface area contributed by atoms with Gasteiger partial charge in [-0.05, 0) is 92.6 Å². The molecule has 11 heteroatoms. The standard InChI is InChI=1S/C40H60Cl2N4O5/c1-23(2)12-30(20-44(7)8)45(21-31-33(42)16-29(41)17-35(31)49)18-26-10-9-11-27(13-26)19-46-38(37(25(4)48)36(22-47)51-46)39(50)43-34-15-28-14-32(24(34)3)40(28,5)6/h9-11,13,16-17,23-25,28,30,32,34,36-38,47-49H,12,14-15,18-22H2,1-8H3,(H,43,50)/t24-,25-,28+,30-,32-,34-,36-,37+,38-/m0/s1. The molecule has 1 amide bonds. The first kappa shape index (κ1) is 40.2. The van der Waals surface area contributed by atoms with Crippen molar-refractivity contribution in [1.29, 1.82) is 0 Å². The number of phenols is 1. The Balaban J connectivity index is 1.38. The third kappa shape index (κ3) is 9.06. The van der Waals surface area contributed by atoms with Crippen LogP contribution in [0.2, 0.25) is 10.0 Å². The summed E-state index contributed by atoms with van der Waals surface area (Å²) in [6.45, 7) is 14.9. The number of hydrogen-bond acceptors (Lipinski definition) is 8. The van der Waals surface area contributed by atoms with Gasteiger partial charge in [0.25, 0.3) is 0 Å². The van der Waals surface area contributed by atoms with E-state index in [9.17, 15) is 20.1 Å². The molecule has 4 fully saturated rings. The number of amides is 1. The van der Waals surface area contributed by atoms with E-state index in [2.05, 4.69) is 76.0 Å². The summed E-state index contributed by atoms with van der Waals surface area (Å²) in [6.07, 6.45) is 1.57. The van der Waals surface area contributed by atoms with Crippen LogP contribution in [0.5, 0.6) is 5.75 Å². The average Bonchev–Trinajstić information content (AvgIpc) is 3.40. The Morgan fingerprint density at radius 1 is 1.10 bits per heavy atom. The van der Waals surface area contributed by atoms with Crippen LogP contribution in [0.25, 0.3) is 0 Å². The van der Waals surface area contributed by atoms with Gasteiger partial charge < -0.3 is 25.5 Å². The highest BCUT2D eigenvalue weighted by atomic mass is 35.5. The number of aromatic hydroxyl groups is 1. The molecule has 9 nitrogen and oxygen atoms in total. The Kier molecular flexibility index (Phi) is 13.1. The lowest BCUT2D eigenvalue weighted by atomic mass is 9.45. The largest absolute Gasteiger partial charge is 0.508 e. The number of carbonyl (C=O) groups excluding carboxylic acids is 1. The van der Waals surface area contributed by atoms with Gasteiger partial charge in [0.15, 0.2) is 0 Å². The molecule has 1 aliphatic heterocycles. The van der Waals surface area contributed by atoms with E-state index in [-0.39, 0.29) is 30.3 Å². The second kappa shape index (κ2) is 16.6. The Bertz CT molecular complexity index is 1470. The van der Waals surface area contributed by atoms with E-state index in [1.807, 2.05) is 12.1 Å². The summed E-state index contributed by atoms with van der Waals surface area (Å²) in [5.74, 6) is 1.31. The van der Waals surface area contributed by atoms with Crippen LogP contribution < -0.4 is 5.32 Å². The zero-order chi connectivity index (χ0) is 37.4. The highest BCUT2D eigenvalue weighted by molar-refractivity contribution is 6.35. The van der Waals surface area contributed by atoms with Gasteiger partial charge >= 0.3 is 0 Å². The number of hydroxylamine groups is 2. The van der Waals surface area contributed by atoms with Crippen LogP contribution in [-0.2, 0) is 29.3 Å². The van der Waals surface area contributed by atoms with Crippen molar-refractivity contribution in [3.05, 3.63) is 63.1 Å². The molecule has 284 valence electrons. The number of halogens is 2. The number of fused-ring (bicyclic) bond motifs is 2. The molecule has 4 aliphatic rings. The van der Waals surface area contributed by atoms with E-state index in [0.717, 1.165) is 30.5 Å². The van der Waals surface area contributed by atoms with E-state index in [0.29, 0.717) is 64.3 Å². The van der Waals surface area contributed by atoms with Gasteiger partial charge in [-0.25, -0.2) is 0 Å². The highest BCUT2D eigenvalue weighted by Crippen LogP contribution is 2.61. The summed E-state index contributed by atoms with van der Waals surface area (Å²) in [4.78, 5) is 25.0. The van der Waals surface area contributed by atoms with Gasteiger partial charge in [0.05, 0.1) is 24.3 Å². The van der Waals surface area contributed by atoms with Crippen molar-refractivity contribution in [1.82, 2.24) is 20.2 Å². The monoisotopic (exact) mass is 746 g/mol. The first-order valence-electron chi connectivity index (χ1n) is 18.7. The van der Waals surface area contributed by atoms with E-state index >= 15 is 0 Å². The molecule has 0 radical (unpaired) electrons. The number of aliphatic hydroxyl groups excluding tert-OH is 2. The fraction of sp³-hybridized carbons (Fsp3) is 0.675. The second-order valence-electron chi connectivity index (χ2n) is 16.9. The van der Waals surface area contributed by atoms with Crippen LogP contribution in [-0.4, -0.2) is 93.7 Å². The van der Waals surface area contributed by atoms with Crippen molar-refractivity contribution in [3.63, 3.8) is 0 Å². The van der Waals surface area contributed by atoms with Gasteiger partial charge in [-0.3, -0.25) is 14.5 Å². The summed E-state index contributed by atoms with van der Waals surface area (Å²) in [5, 5.41) is 37.9. The fourth-order valence-corrected chi connectivity index (χ4v) is 9.84. The highest BCUT2D eigenvalue weighted by Gasteiger charge is 2.57. The smallest absolute Gasteiger partial charge is 0.240 e. The predicted octanol–water partition coefficient (Wildman–Crippen LogP) is 6.34. The predicted molar refractivity (Wildman–Crippen MR) is 203 cm³/mol. The number of hydrogen-bond donors (Lipinski definition) is 4. The molecule has 9 atom stereocenters. The second-order valence-corrected chi connectivity index (χ2v) is 17.7. The van der Waals surface area contributed by atoms with Crippen LogP contribution in [0.1, 0.15) is 77.5 Å². The van der Waals surface area contributed by atoms with E-state index < -0.39 is 24.2 Å². The maximum Gasteiger partial charge on any atom is 0.240 e. The van der Waals surface area contributed by atoms with Gasteiger partial charge in [0.2, 0.25) is 5.91 Å². The minimum atomic E-state index is -0.857. The summed E-state index contributed by atoms with van der Waals surface area (Å²) in [7, 11) is 4.14. The summed E-state index contributed by atoms with van der Waals surface area (Å²) < 4.78 is 0. The summed E-state index contributed by atoms with van der Waals surface area (Å²) in [5.41, 5.74) is 2.95. The van der Waals surface area contributed by atoms with Crippen molar-refractivity contribution in [3.8, 4) is 5.75 Å². The lowest BCUT2D eigenvalue weighted by Crippen LogP contribution is -2.62. The van der Waals surface area contributed by atoms with E-state index in [1.165, 1.54) is 12.5 Å². The Hall–Kier alpha value is -1.95. The van der Waals surface area contributed by atoms with E-state index in [1.54, 1.807) is 18.1 Å². The molecule has 1 heterocycles. The minimum Gasteiger partial charge on any atom is -0.508 e. The molecule has 0 aromatic heterocycles. The normalized spacial score (nSPS) is 28.6. The molecule has 2 aromatic rings. The van der Waals surface area contributed by atoms with Crippen LogP contribution in [0.15, 0.2) is 36.4 Å². The summed E-state index contributed by atoms with van der Waals surface area (Å²) in [6, 6.07) is 10.9. The van der Waals surface area contributed by atoms with Crippen LogP contribution in [0, 0.1) is 35.0 Å². The maximum atomic E-state index is 14.2. The van der Waals surface area contributed by atoms with Crippen molar-refractivity contribution in [2.24, 2.45) is 35.0 Å². The number of carbonyl (C=O) groups is 1. The average molecular weight is 748 g/mol. The third-order valence-electron chi connectivity index (χ3n) is 12.1. The maximum absolute atomic E-state index is 14.2. The molecule has 4 N–H and O–H groups in total. The van der Waals surface area contributed by atoms with Crippen LogP contribution in [0.3, 0.4) is 0 Å². The zero-order valence-corrected chi connectivity index (χ0v) is 33.2. The van der Waals surface area contributed by atoms with E-state index in [4.69, 9.17) is 28.0 Å². The SMILES string of the molecule is CC(C)C[C@@H](CN(C)C)N(Cc1cccc(CN2O[C@@H](CO)[C@@H]([C@H](C)O)[C@H]2C(=O)N[C@H]2C[C@H]3C[C@@H]([C@@H]2C)C3(C)C)c1)Cc1c(O)cc(Cl)cc1Cl. The molecule has 6 rings (SSSR count). The summed E-state index contributed by atoms with van der Waals surface area (Å²) >= 11 is 12.8. The molecule has 0 spiro atoms. The zero-order valence-electron chi connectivity index (χ0n) is 31.7. The number of phenolic OH excluding ortho intramolecular Hbond substituents is 1. The Morgan fingerprint density at radius 2 is 1.80 bits per heavy atom. The molecular weight excluding hydrogens is 687 g/mol. The van der Waals surface area contributed by atoms with Gasteiger partial charge in [-0.1, -0.05) is 82.1 Å². The number of aliphatic hydroxyl groups is 2. The third-order valence-corrected chi connectivity index (χ3v) is 12.7. The molecule has 0 unspecified atom stereocenters. The molecule has 51 heavy (non-hydrogen) atoms. The number of nitrogens with one attached hydrogen (secondary N) is 1. The van der Waals surface area contributed by atoms with Crippen LogP contribution in [0.4, 0.5) is 0 Å². The first-order chi connectivity index (χ1) is 24.0. The molecule has 1 saturated heterocycles. The van der Waals surface area contributed by atoms with Gasteiger partial charge in [0.1, 0.15) is 17.9 Å². The van der Waals surface area contributed by atoms with Crippen LogP contribution >= 0.6 is 23.2 Å². The lowest BCUT2D eigenvalue weighted by molar-refractivity contribution is -0.183. The van der Waals surface area contributed by atoms with Crippen molar-refractivity contribution < 1.29 is 25.0 Å². The lowest BCUT2D eigenvalue weighted by Gasteiger charge is -2.62. The van der Waals surface area contributed by atoms with Crippen molar-refractivity contribution >= 4 is 29.1 Å². The van der Waals surface area contributed by atoms with Gasteiger partial charge in [-0.2, -0.15) is 5.06 Å². The molecular formula is C40H60Cl2N4O5. The minimum absolute atomic E-state index is 0.0720. The number of benzene rings is 2. The van der Waals surface area contributed by atoms with Gasteiger partial charge in [-0.15, -0.1) is 0 Å². The number of nitrogens with zero attached hydrogens (tertiary/aromatic N) is 3. The molecule has 3 saturated carbocycles. The first-order valence-corrected chi connectivity index (χ1v) is 19.4. The quantitative estimate of drug-likeness (QED) is 0.167. The molecule has 3 aliphatic carbocycles. The topological polar surface area (TPSA) is 109 Å². The Labute approximate surface area is 315 Å².